The highest BCUT2D eigenvalue weighted by Gasteiger charge is 2.07. The number of rotatable bonds is 5. The molecule has 0 aliphatic heterocycles. The summed E-state index contributed by atoms with van der Waals surface area (Å²) in [4.78, 5) is 0. The number of hydrogen-bond acceptors (Lipinski definition) is 3. The van der Waals surface area contributed by atoms with Crippen LogP contribution < -0.4 is 11.1 Å². The van der Waals surface area contributed by atoms with Crippen molar-refractivity contribution in [3.05, 3.63) is 23.8 Å². The van der Waals surface area contributed by atoms with Crippen molar-refractivity contribution in [1.82, 2.24) is 0 Å². The van der Waals surface area contributed by atoms with Crippen LogP contribution >= 0.6 is 0 Å². The molecule has 0 aliphatic rings. The van der Waals surface area contributed by atoms with E-state index in [4.69, 9.17) is 10.8 Å². The zero-order valence-corrected chi connectivity index (χ0v) is 9.13. The maximum Gasteiger partial charge on any atom is 0.151 e. The highest BCUT2D eigenvalue weighted by molar-refractivity contribution is 5.66. The molecule has 4 N–H and O–H groups in total. The van der Waals surface area contributed by atoms with Gasteiger partial charge in [-0.2, -0.15) is 0 Å². The van der Waals surface area contributed by atoms with Crippen LogP contribution in [0.2, 0.25) is 0 Å². The van der Waals surface area contributed by atoms with Crippen molar-refractivity contribution in [3.63, 3.8) is 0 Å². The number of nitrogen functional groups attached to an aromatic ring is 1. The molecule has 3 nitrogen and oxygen atoms in total. The molecule has 1 unspecified atom stereocenters. The molecular formula is C11H16F2N2O. The largest absolute Gasteiger partial charge is 0.395 e. The topological polar surface area (TPSA) is 58.3 Å². The van der Waals surface area contributed by atoms with Gasteiger partial charge in [-0.1, -0.05) is 0 Å². The van der Waals surface area contributed by atoms with E-state index in [-0.39, 0.29) is 17.5 Å². The van der Waals surface area contributed by atoms with Crippen LogP contribution in [0, 0.1) is 11.6 Å². The summed E-state index contributed by atoms with van der Waals surface area (Å²) in [6.45, 7) is 2.20. The number of aliphatic hydroxyl groups is 1. The van der Waals surface area contributed by atoms with Crippen molar-refractivity contribution >= 4 is 11.4 Å². The summed E-state index contributed by atoms with van der Waals surface area (Å²) in [6.07, 6.45) is 0.961. The van der Waals surface area contributed by atoms with Crippen LogP contribution in [0.3, 0.4) is 0 Å². The summed E-state index contributed by atoms with van der Waals surface area (Å²) in [5.74, 6) is -1.43. The Kier molecular flexibility index (Phi) is 4.49. The Morgan fingerprint density at radius 1 is 1.44 bits per heavy atom. The molecule has 0 spiro atoms. The van der Waals surface area contributed by atoms with Crippen LogP contribution in [-0.4, -0.2) is 17.8 Å². The molecule has 0 fully saturated rings. The molecule has 0 radical (unpaired) electrons. The second-order valence-corrected chi connectivity index (χ2v) is 3.77. The summed E-state index contributed by atoms with van der Waals surface area (Å²) in [5.41, 5.74) is 5.61. The van der Waals surface area contributed by atoms with Crippen molar-refractivity contribution in [1.29, 1.82) is 0 Å². The van der Waals surface area contributed by atoms with Crippen LogP contribution in [0.5, 0.6) is 0 Å². The molecule has 90 valence electrons. The zero-order chi connectivity index (χ0) is 12.1. The lowest BCUT2D eigenvalue weighted by atomic mass is 10.2. The second kappa shape index (κ2) is 5.65. The molecule has 0 amide bonds. The highest BCUT2D eigenvalue weighted by Crippen LogP contribution is 2.23. The fourth-order valence-corrected chi connectivity index (χ4v) is 1.35. The average molecular weight is 230 g/mol. The summed E-state index contributed by atoms with van der Waals surface area (Å²) in [6, 6.07) is 1.90. The standard InChI is InChI=1S/C11H16F2N2O/c1-7(16)3-2-4-15-10-6-8(12)5-9(13)11(10)14/h5-7,15-16H,2-4,14H2,1H3. The first kappa shape index (κ1) is 12.7. The maximum atomic E-state index is 13.0. The van der Waals surface area contributed by atoms with Crippen molar-refractivity contribution in [2.45, 2.75) is 25.9 Å². The van der Waals surface area contributed by atoms with E-state index in [1.807, 2.05) is 0 Å². The Hall–Kier alpha value is -1.36. The van der Waals surface area contributed by atoms with Crippen LogP contribution in [0.4, 0.5) is 20.2 Å². The van der Waals surface area contributed by atoms with Gasteiger partial charge in [-0.05, 0) is 25.8 Å². The first-order valence-electron chi connectivity index (χ1n) is 5.17. The van der Waals surface area contributed by atoms with Gasteiger partial charge in [-0.25, -0.2) is 8.78 Å². The molecule has 1 aromatic carbocycles. The Morgan fingerprint density at radius 3 is 2.75 bits per heavy atom. The Morgan fingerprint density at radius 2 is 2.12 bits per heavy atom. The van der Waals surface area contributed by atoms with Gasteiger partial charge in [0.1, 0.15) is 5.82 Å². The quantitative estimate of drug-likeness (QED) is 0.536. The lowest BCUT2D eigenvalue weighted by Crippen LogP contribution is -2.09. The number of aliphatic hydroxyl groups excluding tert-OH is 1. The zero-order valence-electron chi connectivity index (χ0n) is 9.13. The smallest absolute Gasteiger partial charge is 0.151 e. The van der Waals surface area contributed by atoms with E-state index in [1.54, 1.807) is 6.92 Å². The average Bonchev–Trinajstić information content (AvgIpc) is 2.19. The van der Waals surface area contributed by atoms with Gasteiger partial charge >= 0.3 is 0 Å². The Bertz CT molecular complexity index is 356. The van der Waals surface area contributed by atoms with E-state index in [2.05, 4.69) is 5.32 Å². The summed E-state index contributed by atoms with van der Waals surface area (Å²) in [5, 5.41) is 11.9. The van der Waals surface area contributed by atoms with Crippen LogP contribution in [0.1, 0.15) is 19.8 Å². The fraction of sp³-hybridized carbons (Fsp3) is 0.455. The predicted molar refractivity (Wildman–Crippen MR) is 60.2 cm³/mol. The molecule has 1 aromatic rings. The van der Waals surface area contributed by atoms with Crippen LogP contribution in [-0.2, 0) is 0 Å². The van der Waals surface area contributed by atoms with E-state index in [1.165, 1.54) is 0 Å². The molecule has 0 aromatic heterocycles. The molecule has 0 saturated carbocycles. The normalized spacial score (nSPS) is 12.5. The van der Waals surface area contributed by atoms with Gasteiger partial charge in [0.05, 0.1) is 17.5 Å². The van der Waals surface area contributed by atoms with Gasteiger partial charge < -0.3 is 16.2 Å². The molecule has 16 heavy (non-hydrogen) atoms. The van der Waals surface area contributed by atoms with Gasteiger partial charge in [0.15, 0.2) is 5.82 Å². The minimum absolute atomic E-state index is 0.0848. The third-order valence-corrected chi connectivity index (χ3v) is 2.21. The molecular weight excluding hydrogens is 214 g/mol. The van der Waals surface area contributed by atoms with Gasteiger partial charge in [-0.15, -0.1) is 0 Å². The first-order valence-corrected chi connectivity index (χ1v) is 5.17. The monoisotopic (exact) mass is 230 g/mol. The van der Waals surface area contributed by atoms with Crippen molar-refractivity contribution in [3.8, 4) is 0 Å². The van der Waals surface area contributed by atoms with Gasteiger partial charge in [0.25, 0.3) is 0 Å². The van der Waals surface area contributed by atoms with Crippen molar-refractivity contribution in [2.75, 3.05) is 17.6 Å². The maximum absolute atomic E-state index is 13.0. The van der Waals surface area contributed by atoms with Crippen molar-refractivity contribution < 1.29 is 13.9 Å². The number of halogens is 2. The molecule has 5 heteroatoms. The van der Waals surface area contributed by atoms with E-state index >= 15 is 0 Å². The third-order valence-electron chi connectivity index (χ3n) is 2.21. The van der Waals surface area contributed by atoms with Crippen molar-refractivity contribution in [2.24, 2.45) is 0 Å². The van der Waals surface area contributed by atoms with E-state index < -0.39 is 11.6 Å². The number of anilines is 2. The fourth-order valence-electron chi connectivity index (χ4n) is 1.35. The van der Waals surface area contributed by atoms with Gasteiger partial charge in [-0.3, -0.25) is 0 Å². The van der Waals surface area contributed by atoms with Gasteiger partial charge in [0, 0.05) is 12.6 Å². The Balaban J connectivity index is 2.53. The van der Waals surface area contributed by atoms with Crippen LogP contribution in [0.25, 0.3) is 0 Å². The molecule has 0 aliphatic carbocycles. The lowest BCUT2D eigenvalue weighted by molar-refractivity contribution is 0.183. The molecule has 0 bridgehead atoms. The minimum Gasteiger partial charge on any atom is -0.395 e. The second-order valence-electron chi connectivity index (χ2n) is 3.77. The van der Waals surface area contributed by atoms with E-state index in [0.29, 0.717) is 19.4 Å². The van der Waals surface area contributed by atoms with E-state index in [0.717, 1.165) is 12.1 Å². The van der Waals surface area contributed by atoms with Crippen LogP contribution in [0.15, 0.2) is 12.1 Å². The molecule has 0 heterocycles. The first-order chi connectivity index (χ1) is 7.50. The summed E-state index contributed by atoms with van der Waals surface area (Å²) in [7, 11) is 0. The SMILES string of the molecule is CC(O)CCCNc1cc(F)cc(F)c1N. The highest BCUT2D eigenvalue weighted by atomic mass is 19.1. The lowest BCUT2D eigenvalue weighted by Gasteiger charge is -2.10. The number of benzene rings is 1. The number of hydrogen-bond donors (Lipinski definition) is 3. The Labute approximate surface area is 93.3 Å². The summed E-state index contributed by atoms with van der Waals surface area (Å²) < 4.78 is 25.9. The summed E-state index contributed by atoms with van der Waals surface area (Å²) >= 11 is 0. The minimum atomic E-state index is -0.766. The predicted octanol–water partition coefficient (Wildman–Crippen LogP) is 2.12. The number of nitrogens with one attached hydrogen (secondary N) is 1. The van der Waals surface area contributed by atoms with E-state index in [9.17, 15) is 8.78 Å². The molecule has 0 saturated heterocycles. The number of nitrogens with two attached hydrogens (primary N) is 1. The third kappa shape index (κ3) is 3.66. The molecule has 1 rings (SSSR count). The molecule has 1 atom stereocenters. The van der Waals surface area contributed by atoms with Gasteiger partial charge in [0.2, 0.25) is 0 Å².